The van der Waals surface area contributed by atoms with Crippen LogP contribution >= 0.6 is 11.8 Å². The molecule has 1 aromatic heterocycles. The minimum Gasteiger partial charge on any atom is -0.458 e. The van der Waals surface area contributed by atoms with Crippen LogP contribution in [-0.2, 0) is 0 Å². The topological polar surface area (TPSA) is 35.3 Å². The third-order valence-electron chi connectivity index (χ3n) is 17.9. The van der Waals surface area contributed by atoms with Gasteiger partial charge in [-0.3, -0.25) is 0 Å². The number of benzene rings is 13. The number of para-hydroxylation sites is 10. The lowest BCUT2D eigenvalue weighted by molar-refractivity contribution is 0.487. The lowest BCUT2D eigenvalue weighted by atomic mass is 9.31. The van der Waals surface area contributed by atoms with Crippen LogP contribution in [0.2, 0.25) is 0 Å². The summed E-state index contributed by atoms with van der Waals surface area (Å²) in [5.74, 6) is 1.68. The van der Waals surface area contributed by atoms with Gasteiger partial charge in [0.05, 0.1) is 11.4 Å². The summed E-state index contributed by atoms with van der Waals surface area (Å²) >= 11 is 1.89. The van der Waals surface area contributed by atoms with Crippen molar-refractivity contribution in [1.29, 1.82) is 0 Å². The summed E-state index contributed by atoms with van der Waals surface area (Å²) < 4.78 is 14.2. The van der Waals surface area contributed by atoms with Crippen molar-refractivity contribution in [2.45, 2.75) is 9.79 Å². The first kappa shape index (κ1) is 49.6. The molecular weight excluding hydrogens is 1080 g/mol. The van der Waals surface area contributed by atoms with Crippen LogP contribution in [0.4, 0.5) is 68.2 Å². The zero-order valence-electron chi connectivity index (χ0n) is 47.0. The van der Waals surface area contributed by atoms with Crippen LogP contribution < -0.4 is 57.1 Å². The van der Waals surface area contributed by atoms with Crippen LogP contribution in [0.1, 0.15) is 0 Å². The molecule has 5 heterocycles. The molecule has 0 fully saturated rings. The largest absolute Gasteiger partial charge is 0.458 e. The molecule has 406 valence electrons. The zero-order chi connectivity index (χ0) is 57.1. The maximum Gasteiger partial charge on any atom is 0.256 e. The molecule has 13 aromatic carbocycles. The van der Waals surface area contributed by atoms with Crippen molar-refractivity contribution in [3.8, 4) is 22.6 Å². The first-order chi connectivity index (χ1) is 43.2. The van der Waals surface area contributed by atoms with E-state index in [1.165, 1.54) is 43.0 Å². The van der Waals surface area contributed by atoms with Gasteiger partial charge in [-0.1, -0.05) is 205 Å². The molecule has 0 bridgehead atoms. The number of nitrogens with zero attached hydrogens (tertiary/aromatic N) is 4. The van der Waals surface area contributed by atoms with Crippen molar-refractivity contribution in [1.82, 2.24) is 0 Å². The highest BCUT2D eigenvalue weighted by Crippen LogP contribution is 2.52. The average Bonchev–Trinajstić information content (AvgIpc) is 1.15. The van der Waals surface area contributed by atoms with Gasteiger partial charge in [0.2, 0.25) is 6.71 Å². The number of ether oxygens (including phenoxy) is 1. The molecule has 0 saturated carbocycles. The highest BCUT2D eigenvalue weighted by Gasteiger charge is 2.47. The highest BCUT2D eigenvalue weighted by molar-refractivity contribution is 8.00. The second-order valence-corrected chi connectivity index (χ2v) is 23.8. The molecule has 4 aliphatic rings. The van der Waals surface area contributed by atoms with E-state index < -0.39 is 0 Å². The minimum atomic E-state index is -0.184. The third kappa shape index (κ3) is 7.79. The lowest BCUT2D eigenvalue weighted by Gasteiger charge is -2.44. The normalized spacial score (nSPS) is 13.0. The molecule has 0 atom stereocenters. The van der Waals surface area contributed by atoms with Gasteiger partial charge in [0.25, 0.3) is 6.71 Å². The predicted octanol–water partition coefficient (Wildman–Crippen LogP) is 17.4. The summed E-state index contributed by atoms with van der Waals surface area (Å²) in [5, 5.41) is 2.18. The van der Waals surface area contributed by atoms with Gasteiger partial charge in [0.15, 0.2) is 0 Å². The predicted molar refractivity (Wildman–Crippen MR) is 364 cm³/mol. The first-order valence-electron chi connectivity index (χ1n) is 29.7. The Hall–Kier alpha value is -10.9. The Labute approximate surface area is 509 Å². The fraction of sp³-hybridized carbons (Fsp3) is 0. The maximum absolute atomic E-state index is 7.33. The van der Waals surface area contributed by atoms with Crippen LogP contribution in [0.3, 0.4) is 0 Å². The molecule has 6 nitrogen and oxygen atoms in total. The average molecular weight is 1130 g/mol. The molecule has 0 amide bonds. The number of furan rings is 1. The molecule has 0 spiro atoms. The van der Waals surface area contributed by atoms with E-state index in [0.717, 1.165) is 112 Å². The van der Waals surface area contributed by atoms with Crippen LogP contribution in [0, 0.1) is 0 Å². The van der Waals surface area contributed by atoms with Gasteiger partial charge in [-0.15, -0.1) is 0 Å². The van der Waals surface area contributed by atoms with Crippen molar-refractivity contribution < 1.29 is 9.15 Å². The molecule has 0 aliphatic carbocycles. The lowest BCUT2D eigenvalue weighted by Crippen LogP contribution is -2.63. The summed E-state index contributed by atoms with van der Waals surface area (Å²) in [6, 6.07) is 110. The van der Waals surface area contributed by atoms with E-state index in [1.807, 2.05) is 11.8 Å². The Morgan fingerprint density at radius 2 is 0.839 bits per heavy atom. The molecule has 0 radical (unpaired) electrons. The fourth-order valence-corrected chi connectivity index (χ4v) is 15.5. The Balaban J connectivity index is 0.928. The van der Waals surface area contributed by atoms with Crippen LogP contribution in [0.25, 0.3) is 33.1 Å². The molecule has 0 unspecified atom stereocenters. The Morgan fingerprint density at radius 3 is 1.53 bits per heavy atom. The monoisotopic (exact) mass is 1130 g/mol. The van der Waals surface area contributed by atoms with E-state index >= 15 is 0 Å². The maximum atomic E-state index is 7.33. The van der Waals surface area contributed by atoms with Crippen LogP contribution in [-0.4, -0.2) is 13.4 Å². The van der Waals surface area contributed by atoms with Crippen LogP contribution in [0.15, 0.2) is 318 Å². The van der Waals surface area contributed by atoms with E-state index in [2.05, 4.69) is 323 Å². The fourth-order valence-electron chi connectivity index (χ4n) is 14.3. The number of hydrogen-bond donors (Lipinski definition) is 0. The summed E-state index contributed by atoms with van der Waals surface area (Å²) in [4.78, 5) is 12.2. The molecule has 4 aliphatic heterocycles. The van der Waals surface area contributed by atoms with Crippen molar-refractivity contribution >= 4 is 148 Å². The SMILES string of the molecule is c1ccc(N(c2ccccc2)c2cc3c4c(c2)N(c2ccccc2-c2cccc5c2oc2ccccc25)c2cc5c(cc2B4c2ccccc2O3)B2c3ccccc3N(c3ccccc3)c3cc(N(c4ccccc4)c4ccccc4)cc(c32)S5)cc1. The molecular formula is C78H50B2N4O2S. The molecule has 14 aromatic rings. The van der Waals surface area contributed by atoms with Gasteiger partial charge in [0, 0.05) is 94.6 Å². The van der Waals surface area contributed by atoms with E-state index in [9.17, 15) is 0 Å². The van der Waals surface area contributed by atoms with E-state index in [4.69, 9.17) is 9.15 Å². The molecule has 18 rings (SSSR count). The standard InChI is InChI=1S/C78H50B2N4O2S/c1-6-25-51(26-7-1)81(52-27-8-2-9-28-52)56-45-69-76-73(47-56)85-72-44-23-19-40-63(72)80(76)64-49-65-74(50-68(64)84(69)66-41-20-16-35-58(66)60-37-24-38-61-59-36-17-22-43-71(59)86-78(60)61)87-75-48-57(82(53-29-10-3-11-30-53)54-31-12-4-13-32-54)46-70-77(75)79(65)62-39-18-21-42-67(62)83(70)55-33-14-5-15-34-55/h1-50H. The summed E-state index contributed by atoms with van der Waals surface area (Å²) in [7, 11) is 0. The minimum absolute atomic E-state index is 0.0984. The van der Waals surface area contributed by atoms with Crippen molar-refractivity contribution in [2.75, 3.05) is 19.6 Å². The summed E-state index contributed by atoms with van der Waals surface area (Å²) in [5.41, 5.74) is 24.1. The second-order valence-electron chi connectivity index (χ2n) is 22.7. The van der Waals surface area contributed by atoms with Crippen molar-refractivity contribution in [3.63, 3.8) is 0 Å². The van der Waals surface area contributed by atoms with E-state index in [0.29, 0.717) is 0 Å². The number of anilines is 12. The van der Waals surface area contributed by atoms with Gasteiger partial charge in [0.1, 0.15) is 22.7 Å². The second kappa shape index (κ2) is 19.9. The van der Waals surface area contributed by atoms with E-state index in [-0.39, 0.29) is 13.4 Å². The Kier molecular flexibility index (Phi) is 11.3. The van der Waals surface area contributed by atoms with Crippen LogP contribution in [0.5, 0.6) is 11.5 Å². The third-order valence-corrected chi connectivity index (χ3v) is 19.0. The van der Waals surface area contributed by atoms with Gasteiger partial charge in [-0.2, -0.15) is 0 Å². The van der Waals surface area contributed by atoms with Crippen molar-refractivity contribution in [3.05, 3.63) is 303 Å². The first-order valence-corrected chi connectivity index (χ1v) is 30.5. The Bertz CT molecular complexity index is 4970. The van der Waals surface area contributed by atoms with Gasteiger partial charge in [-0.05, 0) is 137 Å². The number of rotatable bonds is 9. The smallest absolute Gasteiger partial charge is 0.256 e. The zero-order valence-corrected chi connectivity index (χ0v) is 47.9. The molecule has 9 heteroatoms. The molecule has 87 heavy (non-hydrogen) atoms. The Morgan fingerprint density at radius 1 is 0.310 bits per heavy atom. The van der Waals surface area contributed by atoms with Crippen molar-refractivity contribution in [2.24, 2.45) is 0 Å². The summed E-state index contributed by atoms with van der Waals surface area (Å²) in [6.07, 6.45) is 0. The number of hydrogen-bond acceptors (Lipinski definition) is 7. The molecule has 0 saturated heterocycles. The van der Waals surface area contributed by atoms with Gasteiger partial charge < -0.3 is 28.8 Å². The van der Waals surface area contributed by atoms with Gasteiger partial charge >= 0.3 is 0 Å². The molecule has 0 N–H and O–H groups in total. The quantitative estimate of drug-likeness (QED) is 0.133. The van der Waals surface area contributed by atoms with E-state index in [1.54, 1.807) is 0 Å². The number of fused-ring (bicyclic) bond motifs is 11. The summed E-state index contributed by atoms with van der Waals surface area (Å²) in [6.45, 7) is -0.282. The highest BCUT2D eigenvalue weighted by atomic mass is 32.2. The van der Waals surface area contributed by atoms with Gasteiger partial charge in [-0.25, -0.2) is 0 Å².